The molecule has 0 aromatic rings. The molecule has 2 fully saturated rings. The fourth-order valence-electron chi connectivity index (χ4n) is 3.25. The minimum absolute atomic E-state index is 0.184. The predicted molar refractivity (Wildman–Crippen MR) is 96.5 cm³/mol. The molecule has 0 bridgehead atoms. The number of rotatable bonds is 8. The van der Waals surface area contributed by atoms with E-state index in [0.717, 1.165) is 0 Å². The SMILES string of the molecule is B[C@@H]1O[C@H](COP(=O)(S)OC2C(OC)[C@H](B)O[C@@H]2CO)C(O)C1OC. The normalized spacial score (nSPS) is 44.0. The summed E-state index contributed by atoms with van der Waals surface area (Å²) >= 11 is 3.97. The largest absolute Gasteiger partial charge is 0.394 e. The molecule has 2 aliphatic rings. The minimum atomic E-state index is -3.80. The average molecular weight is 398 g/mol. The second kappa shape index (κ2) is 9.05. The first-order chi connectivity index (χ1) is 11.7. The predicted octanol–water partition coefficient (Wildman–Crippen LogP) is -2.47. The van der Waals surface area contributed by atoms with Crippen LogP contribution in [0.5, 0.6) is 0 Å². The number of hydrogen-bond donors (Lipinski definition) is 3. The van der Waals surface area contributed by atoms with Crippen molar-refractivity contribution in [3.63, 3.8) is 0 Å². The first kappa shape index (κ1) is 21.7. The minimum Gasteiger partial charge on any atom is -0.394 e. The first-order valence-corrected chi connectivity index (χ1v) is 10.7. The van der Waals surface area contributed by atoms with E-state index >= 15 is 0 Å². The molecule has 5 unspecified atom stereocenters. The van der Waals surface area contributed by atoms with Gasteiger partial charge in [-0.1, -0.05) is 12.2 Å². The van der Waals surface area contributed by atoms with Gasteiger partial charge in [0.2, 0.25) is 0 Å². The Morgan fingerprint density at radius 1 is 1.08 bits per heavy atom. The quantitative estimate of drug-likeness (QED) is 0.233. The average Bonchev–Trinajstić information content (AvgIpc) is 3.00. The van der Waals surface area contributed by atoms with Crippen LogP contribution in [0.1, 0.15) is 0 Å². The Labute approximate surface area is 154 Å². The van der Waals surface area contributed by atoms with Gasteiger partial charge in [0.25, 0.3) is 0 Å². The van der Waals surface area contributed by atoms with Gasteiger partial charge in [-0.3, -0.25) is 9.05 Å². The van der Waals surface area contributed by atoms with Gasteiger partial charge in [-0.15, -0.1) is 0 Å². The fourth-order valence-corrected chi connectivity index (χ4v) is 4.74. The second-order valence-corrected chi connectivity index (χ2v) is 9.04. The number of thiol groups is 1. The molecule has 2 saturated heterocycles. The lowest BCUT2D eigenvalue weighted by Gasteiger charge is -2.25. The zero-order valence-electron chi connectivity index (χ0n) is 14.7. The molecule has 2 N–H and O–H groups in total. The molecule has 13 heteroatoms. The van der Waals surface area contributed by atoms with E-state index in [9.17, 15) is 14.8 Å². The maximum Gasteiger partial charge on any atom is 0.386 e. The van der Waals surface area contributed by atoms with Crippen LogP contribution in [0, 0.1) is 0 Å². The van der Waals surface area contributed by atoms with Crippen molar-refractivity contribution in [2.45, 2.75) is 48.6 Å². The van der Waals surface area contributed by atoms with Gasteiger partial charge in [0.05, 0.1) is 25.2 Å². The molecule has 144 valence electrons. The Morgan fingerprint density at radius 2 is 1.64 bits per heavy atom. The topological polar surface area (TPSA) is 113 Å². The molecule has 25 heavy (non-hydrogen) atoms. The van der Waals surface area contributed by atoms with Crippen LogP contribution in [0.25, 0.3) is 0 Å². The first-order valence-electron chi connectivity index (χ1n) is 8.05. The maximum atomic E-state index is 12.6. The molecule has 9 nitrogen and oxygen atoms in total. The van der Waals surface area contributed by atoms with Gasteiger partial charge in [0, 0.05) is 14.2 Å². The van der Waals surface area contributed by atoms with Crippen LogP contribution in [0.15, 0.2) is 0 Å². The van der Waals surface area contributed by atoms with Gasteiger partial charge >= 0.3 is 6.80 Å². The molecule has 9 atom stereocenters. The summed E-state index contributed by atoms with van der Waals surface area (Å²) in [7, 11) is 6.48. The van der Waals surface area contributed by atoms with Crippen LogP contribution in [-0.2, 0) is 32.6 Å². The summed E-state index contributed by atoms with van der Waals surface area (Å²) in [6, 6.07) is -0.668. The smallest absolute Gasteiger partial charge is 0.386 e. The Hall–Kier alpha value is 0.390. The van der Waals surface area contributed by atoms with Gasteiger partial charge < -0.3 is 29.2 Å². The van der Waals surface area contributed by atoms with Gasteiger partial charge in [-0.05, 0) is 0 Å². The molecule has 0 aliphatic carbocycles. The van der Waals surface area contributed by atoms with Crippen molar-refractivity contribution in [3.8, 4) is 0 Å². The van der Waals surface area contributed by atoms with Gasteiger partial charge in [-0.25, -0.2) is 4.57 Å². The lowest BCUT2D eigenvalue weighted by atomic mass is 9.93. The summed E-state index contributed by atoms with van der Waals surface area (Å²) < 4.78 is 44.8. The summed E-state index contributed by atoms with van der Waals surface area (Å²) in [6.45, 7) is -4.31. The zero-order valence-corrected chi connectivity index (χ0v) is 16.5. The molecule has 2 aliphatic heterocycles. The Morgan fingerprint density at radius 3 is 2.16 bits per heavy atom. The van der Waals surface area contributed by atoms with E-state index in [-0.39, 0.29) is 25.2 Å². The molecule has 2 heterocycles. The van der Waals surface area contributed by atoms with Gasteiger partial charge in [0.15, 0.2) is 0 Å². The Balaban J connectivity index is 1.94. The van der Waals surface area contributed by atoms with Crippen molar-refractivity contribution in [1.82, 2.24) is 0 Å². The van der Waals surface area contributed by atoms with Crippen LogP contribution in [-0.4, -0.2) is 102 Å². The van der Waals surface area contributed by atoms with Crippen LogP contribution < -0.4 is 0 Å². The van der Waals surface area contributed by atoms with E-state index in [2.05, 4.69) is 12.2 Å². The van der Waals surface area contributed by atoms with Crippen molar-refractivity contribution in [1.29, 1.82) is 0 Å². The lowest BCUT2D eigenvalue weighted by molar-refractivity contribution is -0.0242. The standard InChI is InChI=1S/C12H25B2O9PS/c1-18-9-7(16)6(22-11(9)13)4-20-24(17,25)23-8-5(3-15)21-12(14)10(8)19-2/h5-12,15-16H,3-4,13-14H2,1-2H3,(H,17,25)/t5-,6-,7?,8?,9?,10?,11-,12-,24?/m1/s1. The Kier molecular flexibility index (Phi) is 7.85. The summed E-state index contributed by atoms with van der Waals surface area (Å²) in [4.78, 5) is 0. The molecular formula is C12H25B2O9PS. The highest BCUT2D eigenvalue weighted by atomic mass is 32.7. The number of methoxy groups -OCH3 is 2. The van der Waals surface area contributed by atoms with Crippen molar-refractivity contribution in [3.05, 3.63) is 0 Å². The number of hydrogen-bond acceptors (Lipinski definition) is 9. The van der Waals surface area contributed by atoms with E-state index in [1.54, 1.807) is 15.7 Å². The van der Waals surface area contributed by atoms with Gasteiger partial charge in [0.1, 0.15) is 52.3 Å². The third kappa shape index (κ3) is 5.01. The Bertz CT molecular complexity index is 490. The summed E-state index contributed by atoms with van der Waals surface area (Å²) in [5.74, 6) is 0. The molecule has 0 radical (unpaired) electrons. The number of aliphatic hydroxyl groups is 2. The van der Waals surface area contributed by atoms with Crippen LogP contribution in [0.2, 0.25) is 0 Å². The monoisotopic (exact) mass is 398 g/mol. The number of aliphatic hydroxyl groups excluding tert-OH is 2. The van der Waals surface area contributed by atoms with E-state index in [1.165, 1.54) is 14.2 Å². The van der Waals surface area contributed by atoms with Crippen LogP contribution >= 0.6 is 19.0 Å². The lowest BCUT2D eigenvalue weighted by Crippen LogP contribution is -2.38. The highest BCUT2D eigenvalue weighted by Gasteiger charge is 2.47. The van der Waals surface area contributed by atoms with E-state index < -0.39 is 43.4 Å². The van der Waals surface area contributed by atoms with E-state index in [4.69, 9.17) is 28.0 Å². The van der Waals surface area contributed by atoms with Crippen molar-refractivity contribution < 1.29 is 42.8 Å². The summed E-state index contributed by atoms with van der Waals surface area (Å²) in [5.41, 5.74) is 0. The molecule has 0 saturated carbocycles. The van der Waals surface area contributed by atoms with Crippen LogP contribution in [0.3, 0.4) is 0 Å². The molecule has 2 rings (SSSR count). The molecule has 0 amide bonds. The summed E-state index contributed by atoms with van der Waals surface area (Å²) in [6.07, 6.45) is -4.14. The zero-order chi connectivity index (χ0) is 18.8. The van der Waals surface area contributed by atoms with Crippen molar-refractivity contribution in [2.75, 3.05) is 27.4 Å². The van der Waals surface area contributed by atoms with Crippen molar-refractivity contribution >= 4 is 34.7 Å². The van der Waals surface area contributed by atoms with Gasteiger partial charge in [-0.2, -0.15) is 0 Å². The highest BCUT2D eigenvalue weighted by molar-refractivity contribution is 8.44. The van der Waals surface area contributed by atoms with Crippen LogP contribution in [0.4, 0.5) is 0 Å². The molecular weight excluding hydrogens is 373 g/mol. The molecule has 0 aromatic carbocycles. The summed E-state index contributed by atoms with van der Waals surface area (Å²) in [5, 5.41) is 19.5. The number of ether oxygens (including phenoxy) is 4. The highest BCUT2D eigenvalue weighted by Crippen LogP contribution is 2.56. The third-order valence-corrected chi connectivity index (χ3v) is 6.11. The maximum absolute atomic E-state index is 12.6. The molecule has 0 spiro atoms. The van der Waals surface area contributed by atoms with Crippen molar-refractivity contribution in [2.24, 2.45) is 0 Å². The van der Waals surface area contributed by atoms with E-state index in [0.29, 0.717) is 0 Å². The van der Waals surface area contributed by atoms with E-state index in [1.807, 2.05) is 0 Å². The fraction of sp³-hybridized carbons (Fsp3) is 1.00. The molecule has 0 aromatic heterocycles. The third-order valence-electron chi connectivity index (χ3n) is 4.49. The second-order valence-electron chi connectivity index (χ2n) is 6.17.